The molecule has 0 atom stereocenters. The first-order valence-electron chi connectivity index (χ1n) is 10.3. The van der Waals surface area contributed by atoms with E-state index in [9.17, 15) is 18.3 Å². The predicted octanol–water partition coefficient (Wildman–Crippen LogP) is 3.82. The van der Waals surface area contributed by atoms with E-state index in [1.165, 1.54) is 4.31 Å². The molecule has 3 aromatic rings. The minimum atomic E-state index is -3.61. The molecule has 1 aliphatic carbocycles. The smallest absolute Gasteiger partial charge is 0.255 e. The first-order chi connectivity index (χ1) is 15.3. The molecule has 0 radical (unpaired) electrons. The molecule has 1 aliphatic rings. The summed E-state index contributed by atoms with van der Waals surface area (Å²) in [4.78, 5) is 14.0. The molecule has 0 aliphatic heterocycles. The molecule has 0 saturated heterocycles. The Morgan fingerprint density at radius 3 is 2.47 bits per heavy atom. The fraction of sp³-hybridized carbons (Fsp3) is 0.348. The van der Waals surface area contributed by atoms with Gasteiger partial charge in [0.25, 0.3) is 5.91 Å². The number of sulfonamides is 1. The van der Waals surface area contributed by atoms with Crippen molar-refractivity contribution >= 4 is 44.3 Å². The SMILES string of the molecule is CNC(=O)c1c(-c2ccc(SC)cc2)oc2cc(N(CCO)S(C)(=O)=O)c(C3CC3)cc12. The summed E-state index contributed by atoms with van der Waals surface area (Å²) in [5.74, 6) is 0.394. The van der Waals surface area contributed by atoms with Crippen molar-refractivity contribution in [1.82, 2.24) is 5.32 Å². The molecule has 32 heavy (non-hydrogen) atoms. The zero-order valence-corrected chi connectivity index (χ0v) is 19.8. The van der Waals surface area contributed by atoms with E-state index < -0.39 is 10.0 Å². The molecule has 0 unspecified atom stereocenters. The number of fused-ring (bicyclic) bond motifs is 1. The van der Waals surface area contributed by atoms with Crippen LogP contribution in [-0.4, -0.2) is 52.1 Å². The number of nitrogens with one attached hydrogen (secondary N) is 1. The molecule has 0 bridgehead atoms. The number of hydrogen-bond acceptors (Lipinski definition) is 6. The van der Waals surface area contributed by atoms with Crippen LogP contribution in [0.4, 0.5) is 5.69 Å². The zero-order valence-electron chi connectivity index (χ0n) is 18.2. The highest BCUT2D eigenvalue weighted by Gasteiger charge is 2.33. The Morgan fingerprint density at radius 2 is 1.94 bits per heavy atom. The summed E-state index contributed by atoms with van der Waals surface area (Å²) in [6.45, 7) is -0.347. The lowest BCUT2D eigenvalue weighted by molar-refractivity contribution is 0.0964. The molecule has 7 nitrogen and oxygen atoms in total. The van der Waals surface area contributed by atoms with Gasteiger partial charge >= 0.3 is 0 Å². The largest absolute Gasteiger partial charge is 0.455 e. The lowest BCUT2D eigenvalue weighted by Gasteiger charge is -2.24. The average Bonchev–Trinajstić information content (AvgIpc) is 3.55. The van der Waals surface area contributed by atoms with Gasteiger partial charge in [-0.05, 0) is 48.8 Å². The number of furan rings is 1. The summed E-state index contributed by atoms with van der Waals surface area (Å²) in [5.41, 5.74) is 2.98. The Balaban J connectivity index is 1.98. The fourth-order valence-corrected chi connectivity index (χ4v) is 5.28. The third-order valence-corrected chi connectivity index (χ3v) is 7.56. The lowest BCUT2D eigenvalue weighted by Crippen LogP contribution is -2.33. The van der Waals surface area contributed by atoms with Gasteiger partial charge in [-0.2, -0.15) is 0 Å². The van der Waals surface area contributed by atoms with Crippen molar-refractivity contribution in [3.63, 3.8) is 0 Å². The molecule has 1 saturated carbocycles. The molecule has 2 aromatic carbocycles. The van der Waals surface area contributed by atoms with Crippen molar-refractivity contribution in [2.75, 3.05) is 37.0 Å². The number of aliphatic hydroxyl groups is 1. The Morgan fingerprint density at radius 1 is 1.25 bits per heavy atom. The van der Waals surface area contributed by atoms with E-state index in [-0.39, 0.29) is 25.0 Å². The van der Waals surface area contributed by atoms with E-state index in [0.717, 1.165) is 35.1 Å². The minimum Gasteiger partial charge on any atom is -0.455 e. The average molecular weight is 475 g/mol. The van der Waals surface area contributed by atoms with Gasteiger partial charge in [-0.25, -0.2) is 8.42 Å². The van der Waals surface area contributed by atoms with Crippen LogP contribution in [0.1, 0.15) is 34.7 Å². The van der Waals surface area contributed by atoms with Crippen LogP contribution in [0.2, 0.25) is 0 Å². The Bertz CT molecular complexity index is 1260. The van der Waals surface area contributed by atoms with Crippen LogP contribution in [0.5, 0.6) is 0 Å². The van der Waals surface area contributed by atoms with Crippen molar-refractivity contribution < 1.29 is 22.7 Å². The van der Waals surface area contributed by atoms with Gasteiger partial charge < -0.3 is 14.8 Å². The van der Waals surface area contributed by atoms with Gasteiger partial charge in [0.15, 0.2) is 0 Å². The summed E-state index contributed by atoms with van der Waals surface area (Å²) in [5, 5.41) is 12.8. The first-order valence-corrected chi connectivity index (χ1v) is 13.4. The van der Waals surface area contributed by atoms with Gasteiger partial charge in [-0.15, -0.1) is 11.8 Å². The number of benzene rings is 2. The number of hydrogen-bond donors (Lipinski definition) is 2. The summed E-state index contributed by atoms with van der Waals surface area (Å²) < 4.78 is 32.3. The van der Waals surface area contributed by atoms with Crippen LogP contribution in [-0.2, 0) is 10.0 Å². The molecule has 1 aromatic heterocycles. The number of amides is 1. The first kappa shape index (κ1) is 22.7. The van der Waals surface area contributed by atoms with Crippen molar-refractivity contribution in [2.24, 2.45) is 0 Å². The van der Waals surface area contributed by atoms with Crippen LogP contribution >= 0.6 is 11.8 Å². The number of carbonyl (C=O) groups is 1. The van der Waals surface area contributed by atoms with Gasteiger partial charge in [0.05, 0.1) is 30.7 Å². The summed E-state index contributed by atoms with van der Waals surface area (Å²) >= 11 is 1.62. The maximum atomic E-state index is 12.9. The number of carbonyl (C=O) groups excluding carboxylic acids is 1. The molecular formula is C23H26N2O5S2. The summed E-state index contributed by atoms with van der Waals surface area (Å²) in [6, 6.07) is 11.3. The van der Waals surface area contributed by atoms with Crippen LogP contribution in [0.25, 0.3) is 22.3 Å². The molecule has 1 amide bonds. The van der Waals surface area contributed by atoms with Gasteiger partial charge in [-0.1, -0.05) is 12.1 Å². The van der Waals surface area contributed by atoms with Crippen LogP contribution < -0.4 is 9.62 Å². The molecule has 9 heteroatoms. The quantitative estimate of drug-likeness (QED) is 0.482. The third-order valence-electron chi connectivity index (χ3n) is 5.63. The molecule has 4 rings (SSSR count). The molecule has 0 spiro atoms. The maximum Gasteiger partial charge on any atom is 0.255 e. The summed E-state index contributed by atoms with van der Waals surface area (Å²) in [6.07, 6.45) is 5.02. The van der Waals surface area contributed by atoms with E-state index in [1.54, 1.807) is 24.9 Å². The van der Waals surface area contributed by atoms with Crippen LogP contribution in [0.15, 0.2) is 45.7 Å². The Hall–Kier alpha value is -2.49. The van der Waals surface area contributed by atoms with Crippen molar-refractivity contribution in [3.8, 4) is 11.3 Å². The molecule has 2 N–H and O–H groups in total. The van der Waals surface area contributed by atoms with E-state index in [1.807, 2.05) is 36.6 Å². The highest BCUT2D eigenvalue weighted by molar-refractivity contribution is 7.98. The molecule has 170 valence electrons. The lowest BCUT2D eigenvalue weighted by atomic mass is 10.0. The second-order valence-electron chi connectivity index (χ2n) is 7.85. The normalized spacial score (nSPS) is 14.0. The van der Waals surface area contributed by atoms with Gasteiger partial charge in [0.1, 0.15) is 11.3 Å². The van der Waals surface area contributed by atoms with E-state index in [2.05, 4.69) is 5.32 Å². The molecular weight excluding hydrogens is 448 g/mol. The number of anilines is 1. The van der Waals surface area contributed by atoms with E-state index in [4.69, 9.17) is 4.42 Å². The van der Waals surface area contributed by atoms with Crippen LogP contribution in [0.3, 0.4) is 0 Å². The Kier molecular flexibility index (Phi) is 6.24. The highest BCUT2D eigenvalue weighted by Crippen LogP contribution is 2.48. The fourth-order valence-electron chi connectivity index (χ4n) is 3.94. The third kappa shape index (κ3) is 4.24. The predicted molar refractivity (Wildman–Crippen MR) is 128 cm³/mol. The number of thioether (sulfide) groups is 1. The standard InChI is InChI=1S/C23H26N2O5S2/c1-24-23(27)21-18-12-17(14-4-5-14)19(25(10-11-26)32(3,28)29)13-20(18)30-22(21)15-6-8-16(31-2)9-7-15/h6-9,12-14,26H,4-5,10-11H2,1-3H3,(H,24,27). The second-order valence-corrected chi connectivity index (χ2v) is 10.6. The van der Waals surface area contributed by atoms with Crippen molar-refractivity contribution in [3.05, 3.63) is 47.5 Å². The highest BCUT2D eigenvalue weighted by atomic mass is 32.2. The van der Waals surface area contributed by atoms with Gasteiger partial charge in [-0.3, -0.25) is 9.10 Å². The molecule has 1 fully saturated rings. The second kappa shape index (κ2) is 8.80. The Labute approximate surface area is 191 Å². The van der Waals surface area contributed by atoms with Crippen molar-refractivity contribution in [1.29, 1.82) is 0 Å². The topological polar surface area (TPSA) is 99.8 Å². The van der Waals surface area contributed by atoms with Gasteiger partial charge in [0, 0.05) is 29.0 Å². The van der Waals surface area contributed by atoms with Gasteiger partial charge in [0.2, 0.25) is 10.0 Å². The minimum absolute atomic E-state index is 0.0456. The van der Waals surface area contributed by atoms with E-state index >= 15 is 0 Å². The summed E-state index contributed by atoms with van der Waals surface area (Å²) in [7, 11) is -2.04. The maximum absolute atomic E-state index is 12.9. The zero-order chi connectivity index (χ0) is 23.0. The number of aliphatic hydroxyl groups excluding tert-OH is 1. The monoisotopic (exact) mass is 474 g/mol. The van der Waals surface area contributed by atoms with E-state index in [0.29, 0.717) is 28.0 Å². The van der Waals surface area contributed by atoms with Crippen LogP contribution in [0, 0.1) is 0 Å². The molecule has 1 heterocycles. The number of rotatable bonds is 8. The number of nitrogens with zero attached hydrogens (tertiary/aromatic N) is 1. The van der Waals surface area contributed by atoms with Crippen molar-refractivity contribution in [2.45, 2.75) is 23.7 Å².